The molecule has 1 aliphatic heterocycles. The number of aromatic nitrogens is 2. The lowest BCUT2D eigenvalue weighted by molar-refractivity contribution is 0.0286. The minimum absolute atomic E-state index is 0.115. The van der Waals surface area contributed by atoms with Crippen LogP contribution in [0.15, 0.2) is 36.5 Å². The Hall–Kier alpha value is -2.70. The minimum Gasteiger partial charge on any atom is -0.375 e. The predicted molar refractivity (Wildman–Crippen MR) is 105 cm³/mol. The van der Waals surface area contributed by atoms with Gasteiger partial charge < -0.3 is 20.2 Å². The quantitative estimate of drug-likeness (QED) is 0.744. The third-order valence-electron chi connectivity index (χ3n) is 5.07. The molecule has 3 N–H and O–H groups in total. The van der Waals surface area contributed by atoms with E-state index in [1.165, 1.54) is 5.56 Å². The van der Waals surface area contributed by atoms with Gasteiger partial charge in [-0.2, -0.15) is 0 Å². The van der Waals surface area contributed by atoms with Crippen LogP contribution < -0.4 is 11.1 Å². The van der Waals surface area contributed by atoms with E-state index in [-0.39, 0.29) is 6.10 Å². The van der Waals surface area contributed by atoms with Gasteiger partial charge in [-0.05, 0) is 49.2 Å². The average Bonchev–Trinajstić information content (AvgIpc) is 2.99. The van der Waals surface area contributed by atoms with Gasteiger partial charge in [-0.25, -0.2) is 4.98 Å². The van der Waals surface area contributed by atoms with Gasteiger partial charge in [0.05, 0.1) is 24.1 Å². The fourth-order valence-electron chi connectivity index (χ4n) is 3.68. The number of nitrogens with zero attached hydrogens (tertiary/aromatic N) is 2. The first-order chi connectivity index (χ1) is 13.0. The Kier molecular flexibility index (Phi) is 4.68. The molecule has 27 heavy (non-hydrogen) atoms. The molecule has 3 aromatic rings. The first-order valence-electron chi connectivity index (χ1n) is 9.23. The zero-order chi connectivity index (χ0) is 19.0. The molecule has 4 rings (SSSR count). The van der Waals surface area contributed by atoms with Crippen LogP contribution in [0.2, 0.25) is 0 Å². The molecule has 0 unspecified atom stereocenters. The van der Waals surface area contributed by atoms with E-state index in [0.29, 0.717) is 5.56 Å². The number of nitrogens with one attached hydrogen (secondary N) is 1. The molecule has 0 aliphatic carbocycles. The molecule has 1 aromatic carbocycles. The third kappa shape index (κ3) is 3.46. The summed E-state index contributed by atoms with van der Waals surface area (Å²) in [6.45, 7) is 6.41. The molecule has 6 heteroatoms. The maximum atomic E-state index is 11.6. The fraction of sp³-hybridized carbons (Fsp3) is 0.333. The normalized spacial score (nSPS) is 17.3. The molecule has 1 atom stereocenters. The summed E-state index contributed by atoms with van der Waals surface area (Å²) in [4.78, 5) is 16.5. The summed E-state index contributed by atoms with van der Waals surface area (Å²) < 4.78 is 8.06. The highest BCUT2D eigenvalue weighted by molar-refractivity contribution is 5.94. The van der Waals surface area contributed by atoms with Crippen molar-refractivity contribution in [2.75, 3.05) is 19.7 Å². The van der Waals surface area contributed by atoms with Crippen LogP contribution in [0.1, 0.15) is 27.2 Å². The number of aryl methyl sites for hydroxylation is 2. The van der Waals surface area contributed by atoms with Crippen molar-refractivity contribution >= 4 is 11.6 Å². The Morgan fingerprint density at radius 2 is 2.19 bits per heavy atom. The summed E-state index contributed by atoms with van der Waals surface area (Å²) in [6.07, 6.45) is 2.95. The number of rotatable bonds is 4. The highest BCUT2D eigenvalue weighted by Crippen LogP contribution is 2.28. The number of primary amides is 1. The number of carbonyl (C=O) groups is 1. The lowest BCUT2D eigenvalue weighted by Gasteiger charge is -2.23. The predicted octanol–water partition coefficient (Wildman–Crippen LogP) is 2.25. The van der Waals surface area contributed by atoms with Gasteiger partial charge in [0.25, 0.3) is 0 Å². The first kappa shape index (κ1) is 17.7. The van der Waals surface area contributed by atoms with E-state index in [9.17, 15) is 4.79 Å². The minimum atomic E-state index is -0.411. The summed E-state index contributed by atoms with van der Waals surface area (Å²) in [5, 5.41) is 3.39. The average molecular weight is 364 g/mol. The van der Waals surface area contributed by atoms with Crippen molar-refractivity contribution in [3.63, 3.8) is 0 Å². The Bertz CT molecular complexity index is 1000. The van der Waals surface area contributed by atoms with Crippen LogP contribution in [0.5, 0.6) is 0 Å². The van der Waals surface area contributed by atoms with Crippen LogP contribution in [0.3, 0.4) is 0 Å². The highest BCUT2D eigenvalue weighted by Gasteiger charge is 2.21. The number of fused-ring (bicyclic) bond motifs is 1. The largest absolute Gasteiger partial charge is 0.375 e. The smallest absolute Gasteiger partial charge is 0.248 e. The molecule has 140 valence electrons. The number of pyridine rings is 1. The van der Waals surface area contributed by atoms with Crippen molar-refractivity contribution in [3.05, 3.63) is 58.9 Å². The van der Waals surface area contributed by atoms with E-state index < -0.39 is 5.91 Å². The van der Waals surface area contributed by atoms with Crippen LogP contribution in [0.25, 0.3) is 16.9 Å². The maximum absolute atomic E-state index is 11.6. The van der Waals surface area contributed by atoms with Gasteiger partial charge >= 0.3 is 0 Å². The second kappa shape index (κ2) is 7.13. The van der Waals surface area contributed by atoms with Crippen molar-refractivity contribution in [2.45, 2.75) is 26.4 Å². The molecule has 1 fully saturated rings. The summed E-state index contributed by atoms with van der Waals surface area (Å²) in [5.74, 6) is -0.411. The summed E-state index contributed by atoms with van der Waals surface area (Å²) >= 11 is 0. The zero-order valence-electron chi connectivity index (χ0n) is 15.7. The number of amides is 1. The molecule has 0 radical (unpaired) electrons. The number of nitrogens with two attached hydrogens (primary N) is 1. The number of imidazole rings is 1. The van der Waals surface area contributed by atoms with Gasteiger partial charge in [0.2, 0.25) is 5.91 Å². The van der Waals surface area contributed by atoms with Crippen LogP contribution in [-0.2, 0) is 11.2 Å². The molecular formula is C21H24N4O2. The number of hydrogen-bond acceptors (Lipinski definition) is 4. The molecule has 0 spiro atoms. The molecule has 2 aromatic heterocycles. The molecule has 1 aliphatic rings. The van der Waals surface area contributed by atoms with E-state index in [2.05, 4.69) is 35.0 Å². The molecule has 6 nitrogen and oxygen atoms in total. The van der Waals surface area contributed by atoms with E-state index in [0.717, 1.165) is 54.3 Å². The molecule has 0 saturated carbocycles. The van der Waals surface area contributed by atoms with E-state index >= 15 is 0 Å². The lowest BCUT2D eigenvalue weighted by Crippen LogP contribution is -2.39. The SMILES string of the molecule is Cc1ccn2c(C[C@H]3CNCCO3)c(-c3ccc(C(N)=O)c(C)c3)nc2c1. The standard InChI is InChI=1S/C21H24N4O2/c1-13-5-7-25-18(11-16-12-23-6-8-27-16)20(24-19(25)9-13)15-3-4-17(21(22)26)14(2)10-15/h3-5,7,9-10,16,23H,6,8,11-12H2,1-2H3,(H2,22,26)/t16-/m0/s1. The Morgan fingerprint density at radius 1 is 1.33 bits per heavy atom. The van der Waals surface area contributed by atoms with Crippen LogP contribution in [-0.4, -0.2) is 41.1 Å². The highest BCUT2D eigenvalue weighted by atomic mass is 16.5. The molecule has 0 bridgehead atoms. The van der Waals surface area contributed by atoms with Crippen molar-refractivity contribution in [1.82, 2.24) is 14.7 Å². The second-order valence-corrected chi connectivity index (χ2v) is 7.13. The maximum Gasteiger partial charge on any atom is 0.248 e. The van der Waals surface area contributed by atoms with Crippen molar-refractivity contribution in [3.8, 4) is 11.3 Å². The van der Waals surface area contributed by atoms with Gasteiger partial charge in [0.15, 0.2) is 0 Å². The lowest BCUT2D eigenvalue weighted by atomic mass is 10.0. The molecule has 1 saturated heterocycles. The van der Waals surface area contributed by atoms with Crippen molar-refractivity contribution in [1.29, 1.82) is 0 Å². The van der Waals surface area contributed by atoms with Crippen molar-refractivity contribution < 1.29 is 9.53 Å². The number of hydrogen-bond donors (Lipinski definition) is 2. The van der Waals surface area contributed by atoms with E-state index in [1.807, 2.05) is 19.1 Å². The second-order valence-electron chi connectivity index (χ2n) is 7.13. The number of carbonyl (C=O) groups excluding carboxylic acids is 1. The Balaban J connectivity index is 1.82. The van der Waals surface area contributed by atoms with Gasteiger partial charge in [-0.3, -0.25) is 4.79 Å². The Morgan fingerprint density at radius 3 is 2.89 bits per heavy atom. The van der Waals surface area contributed by atoms with Gasteiger partial charge in [-0.1, -0.05) is 6.07 Å². The summed E-state index contributed by atoms with van der Waals surface area (Å²) in [6, 6.07) is 9.86. The van der Waals surface area contributed by atoms with Gasteiger partial charge in [-0.15, -0.1) is 0 Å². The number of ether oxygens (including phenoxy) is 1. The monoisotopic (exact) mass is 364 g/mol. The zero-order valence-corrected chi connectivity index (χ0v) is 15.7. The Labute approximate surface area is 158 Å². The number of benzene rings is 1. The van der Waals surface area contributed by atoms with Crippen molar-refractivity contribution in [2.24, 2.45) is 5.73 Å². The van der Waals surface area contributed by atoms with Crippen LogP contribution in [0, 0.1) is 13.8 Å². The number of morpholine rings is 1. The van der Waals surface area contributed by atoms with Crippen LogP contribution in [0.4, 0.5) is 0 Å². The molecule has 3 heterocycles. The van der Waals surface area contributed by atoms with E-state index in [4.69, 9.17) is 15.5 Å². The van der Waals surface area contributed by atoms with Gasteiger partial charge in [0, 0.05) is 36.8 Å². The van der Waals surface area contributed by atoms with Gasteiger partial charge in [0.1, 0.15) is 5.65 Å². The van der Waals surface area contributed by atoms with E-state index in [1.54, 1.807) is 6.07 Å². The summed E-state index contributed by atoms with van der Waals surface area (Å²) in [7, 11) is 0. The molecule has 1 amide bonds. The molecular weight excluding hydrogens is 340 g/mol. The topological polar surface area (TPSA) is 81.6 Å². The third-order valence-corrected chi connectivity index (χ3v) is 5.07. The van der Waals surface area contributed by atoms with Crippen LogP contribution >= 0.6 is 0 Å². The first-order valence-corrected chi connectivity index (χ1v) is 9.23. The fourth-order valence-corrected chi connectivity index (χ4v) is 3.68. The summed E-state index contributed by atoms with van der Waals surface area (Å²) in [5.41, 5.74) is 12.0.